The number of ether oxygens (including phenoxy) is 4. The van der Waals surface area contributed by atoms with Gasteiger partial charge in [0.05, 0.1) is 32.5 Å². The molecular formula is C92H161NO10. The third kappa shape index (κ3) is 81.4. The van der Waals surface area contributed by atoms with Crippen molar-refractivity contribution in [3.63, 3.8) is 0 Å². The van der Waals surface area contributed by atoms with E-state index in [1.165, 1.54) is 257 Å². The average Bonchev–Trinajstić information content (AvgIpc) is 4.04. The number of cyclic esters (lactones) is 4. The molecule has 5 aliphatic heterocycles. The topological polar surface area (TPSA) is 155 Å². The van der Waals surface area contributed by atoms with E-state index in [1.54, 1.807) is 0 Å². The lowest BCUT2D eigenvalue weighted by Gasteiger charge is -2.09. The minimum Gasteiger partial charge on any atom is -0.466 e. The van der Waals surface area contributed by atoms with E-state index in [0.717, 1.165) is 148 Å². The molecule has 11 heteroatoms. The minimum atomic E-state index is -0.0497. The summed E-state index contributed by atoms with van der Waals surface area (Å²) in [6.07, 6.45) is 109. The maximum absolute atomic E-state index is 11.5. The van der Waals surface area contributed by atoms with Crippen LogP contribution in [0, 0.1) is 0 Å². The Morgan fingerprint density at radius 1 is 0.223 bits per heavy atom. The number of carbonyl (C=O) groups is 5. The van der Waals surface area contributed by atoms with Crippen molar-refractivity contribution >= 4 is 29.8 Å². The molecule has 2 N–H and O–H groups in total. The van der Waals surface area contributed by atoms with Gasteiger partial charge in [-0.2, -0.15) is 0 Å². The predicted molar refractivity (Wildman–Crippen MR) is 436 cm³/mol. The first-order chi connectivity index (χ1) is 50.9. The number of rotatable bonds is 0. The molecule has 11 nitrogen and oxygen atoms in total. The number of hydrogen-bond donors (Lipinski definition) is 2. The first-order valence-electron chi connectivity index (χ1n) is 44.0. The second-order valence-electron chi connectivity index (χ2n) is 29.8. The smallest absolute Gasteiger partial charge is 0.305 e. The Balaban J connectivity index is 0.000000619. The van der Waals surface area contributed by atoms with Gasteiger partial charge < -0.3 is 29.4 Å². The third-order valence-electron chi connectivity index (χ3n) is 19.8. The van der Waals surface area contributed by atoms with E-state index in [0.29, 0.717) is 58.5 Å². The van der Waals surface area contributed by atoms with Crippen LogP contribution >= 0.6 is 0 Å². The Kier molecular flexibility index (Phi) is 77.9. The Bertz CT molecular complexity index is 2090. The standard InChI is InChI=1S/C18H32O2.C17H30O.C15H27NO.C15H26O2.C14H24O2.C13H22O2/c19-18-16-14-12-10-8-6-4-2-1-3-5-7-9-11-13-15-17-20-18;18-17-15-13-11-9-7-5-3-1-2-4-6-8-10-12-14-16-17;17-15-13-11-9-7-5-3-1-2-4-6-8-10-12-14-16-15;16-15-13-11-9-7-5-3-1-2-4-6-8-10-12-14-17-15;15-14-12-10-8-6-4-2-1-3-5-7-9-11-13-16-14;14-13-11-9-7-5-3-1-2-4-6-8-10-12-15-13/h2,4H,1,3,5-17H2;1-2,5,7,17-18H,3-4,6,8-16H2;5,7H,1-4,6,8-14H2,(H,16,17);3,5H,1-2,4,6-14H2;2,4H,1,3,5-13H2;2,4H,1,3,5-12H2/b4-2-;2-1-,7-5-;7-5-;5-3-;2*4-2-. The van der Waals surface area contributed by atoms with Crippen molar-refractivity contribution in [2.24, 2.45) is 0 Å². The van der Waals surface area contributed by atoms with Crippen LogP contribution in [0.1, 0.15) is 430 Å². The lowest BCUT2D eigenvalue weighted by Crippen LogP contribution is -2.23. The van der Waals surface area contributed by atoms with Crippen LogP contribution in [-0.4, -0.2) is 74.0 Å². The summed E-state index contributed by atoms with van der Waals surface area (Å²) in [5.74, 6) is 0.191. The van der Waals surface area contributed by atoms with Crippen LogP contribution in [0.25, 0.3) is 0 Å². The molecule has 1 amide bonds. The molecule has 1 unspecified atom stereocenters. The molecule has 0 aromatic rings. The summed E-state index contributed by atoms with van der Waals surface area (Å²) in [5, 5.41) is 12.8. The molecule has 6 aliphatic rings. The maximum atomic E-state index is 11.5. The van der Waals surface area contributed by atoms with Crippen molar-refractivity contribution in [1.29, 1.82) is 0 Å². The number of hydrogen-bond acceptors (Lipinski definition) is 10. The van der Waals surface area contributed by atoms with Crippen LogP contribution in [0.2, 0.25) is 0 Å². The van der Waals surface area contributed by atoms with E-state index in [-0.39, 0.29) is 35.9 Å². The van der Waals surface area contributed by atoms with E-state index >= 15 is 0 Å². The monoisotopic (exact) mass is 1440 g/mol. The molecular weight excluding hydrogens is 1280 g/mol. The Morgan fingerprint density at radius 3 is 0.757 bits per heavy atom. The van der Waals surface area contributed by atoms with E-state index in [9.17, 15) is 29.1 Å². The summed E-state index contributed by atoms with van der Waals surface area (Å²) in [6, 6.07) is 0. The molecule has 0 saturated carbocycles. The molecule has 0 fully saturated rings. The van der Waals surface area contributed by atoms with Crippen LogP contribution < -0.4 is 5.32 Å². The van der Waals surface area contributed by atoms with Gasteiger partial charge in [-0.05, 0) is 231 Å². The van der Waals surface area contributed by atoms with Crippen molar-refractivity contribution in [1.82, 2.24) is 5.32 Å². The largest absolute Gasteiger partial charge is 0.466 e. The van der Waals surface area contributed by atoms with Crippen LogP contribution in [0.15, 0.2) is 85.1 Å². The molecule has 103 heavy (non-hydrogen) atoms. The van der Waals surface area contributed by atoms with Crippen LogP contribution in [0.4, 0.5) is 0 Å². The van der Waals surface area contributed by atoms with Crippen molar-refractivity contribution in [2.75, 3.05) is 33.0 Å². The molecule has 6 rings (SSSR count). The quantitative estimate of drug-likeness (QED) is 0.136. The van der Waals surface area contributed by atoms with Gasteiger partial charge in [0.25, 0.3) is 0 Å². The summed E-state index contributed by atoms with van der Waals surface area (Å²) in [7, 11) is 0. The van der Waals surface area contributed by atoms with Gasteiger partial charge in [-0.25, -0.2) is 0 Å². The molecule has 594 valence electrons. The van der Waals surface area contributed by atoms with Crippen LogP contribution in [0.3, 0.4) is 0 Å². The summed E-state index contributed by atoms with van der Waals surface area (Å²) in [5.41, 5.74) is 0. The van der Waals surface area contributed by atoms with Gasteiger partial charge in [-0.1, -0.05) is 252 Å². The van der Waals surface area contributed by atoms with E-state index in [1.807, 2.05) is 0 Å². The molecule has 5 heterocycles. The lowest BCUT2D eigenvalue weighted by molar-refractivity contribution is -0.144. The minimum absolute atomic E-state index is 0.00260. The second kappa shape index (κ2) is 83.1. The summed E-state index contributed by atoms with van der Waals surface area (Å²) < 4.78 is 20.7. The second-order valence-corrected chi connectivity index (χ2v) is 29.8. The zero-order chi connectivity index (χ0) is 73.8. The summed E-state index contributed by atoms with van der Waals surface area (Å²) >= 11 is 0. The van der Waals surface area contributed by atoms with Gasteiger partial charge in [-0.15, -0.1) is 0 Å². The highest BCUT2D eigenvalue weighted by atomic mass is 16.5. The zero-order valence-corrected chi connectivity index (χ0v) is 66.7. The summed E-state index contributed by atoms with van der Waals surface area (Å²) in [4.78, 5) is 56.8. The van der Waals surface area contributed by atoms with Gasteiger partial charge in [0.2, 0.25) is 5.91 Å². The Morgan fingerprint density at radius 2 is 0.427 bits per heavy atom. The Labute approximate surface area is 634 Å². The number of carbonyl (C=O) groups excluding carboxylic acids is 5. The average molecular weight is 1440 g/mol. The molecule has 0 saturated heterocycles. The summed E-state index contributed by atoms with van der Waals surface area (Å²) in [6.45, 7) is 3.35. The number of nitrogens with one attached hydrogen (secondary N) is 1. The molecule has 0 spiro atoms. The molecule has 1 atom stereocenters. The third-order valence-corrected chi connectivity index (χ3v) is 19.8. The number of amides is 1. The lowest BCUT2D eigenvalue weighted by atomic mass is 10.0. The molecule has 1 aliphatic carbocycles. The number of esters is 4. The van der Waals surface area contributed by atoms with E-state index in [4.69, 9.17) is 18.9 Å². The van der Waals surface area contributed by atoms with Crippen molar-refractivity contribution in [3.05, 3.63) is 85.1 Å². The van der Waals surface area contributed by atoms with Gasteiger partial charge in [-0.3, -0.25) is 24.0 Å². The van der Waals surface area contributed by atoms with Gasteiger partial charge in [0.1, 0.15) is 0 Å². The van der Waals surface area contributed by atoms with Crippen LogP contribution in [-0.2, 0) is 42.9 Å². The zero-order valence-electron chi connectivity index (χ0n) is 66.7. The van der Waals surface area contributed by atoms with Crippen LogP contribution in [0.5, 0.6) is 0 Å². The van der Waals surface area contributed by atoms with Gasteiger partial charge >= 0.3 is 23.9 Å². The Hall–Kier alpha value is -4.51. The predicted octanol–water partition coefficient (Wildman–Crippen LogP) is 26.7. The molecule has 0 radical (unpaired) electrons. The van der Waals surface area contributed by atoms with Crippen molar-refractivity contribution < 1.29 is 48.0 Å². The van der Waals surface area contributed by atoms with E-state index < -0.39 is 0 Å². The highest BCUT2D eigenvalue weighted by molar-refractivity contribution is 5.75. The fourth-order valence-electron chi connectivity index (χ4n) is 13.1. The van der Waals surface area contributed by atoms with Gasteiger partial charge in [0.15, 0.2) is 0 Å². The first-order valence-corrected chi connectivity index (χ1v) is 44.0. The van der Waals surface area contributed by atoms with Crippen molar-refractivity contribution in [2.45, 2.75) is 436 Å². The first kappa shape index (κ1) is 96.5. The molecule has 0 aromatic heterocycles. The molecule has 0 aromatic carbocycles. The SMILES string of the molecule is O=C1CCC/C=C\CCCCCCCCCN1.O=C1CCCC/C=C\CCCCCCCCO1.O=C1CCCC/C=C\CCCCCCCO1.O=C1CCCCCC/C=C\CCCCCCCCCO1.O=C1CCCCCC/C=C\CCCCO1.OC1CCCC/C=C\C/C=C\CCCCCCC1. The maximum Gasteiger partial charge on any atom is 0.305 e. The van der Waals surface area contributed by atoms with E-state index in [2.05, 4.69) is 90.4 Å². The fourth-order valence-corrected chi connectivity index (χ4v) is 13.1. The molecule has 0 bridgehead atoms. The number of aliphatic hydroxyl groups is 1. The number of allylic oxidation sites excluding steroid dienone is 14. The fraction of sp³-hybridized carbons (Fsp3) is 0.793. The van der Waals surface area contributed by atoms with Crippen molar-refractivity contribution in [3.8, 4) is 0 Å². The van der Waals surface area contributed by atoms with Gasteiger partial charge in [0, 0.05) is 38.6 Å². The number of aliphatic hydroxyl groups excluding tert-OH is 1. The normalized spacial score (nSPS) is 24.8. The highest BCUT2D eigenvalue weighted by Gasteiger charge is 2.09. The highest BCUT2D eigenvalue weighted by Crippen LogP contribution is 2.18.